The van der Waals surface area contributed by atoms with E-state index in [4.69, 9.17) is 11.6 Å². The number of aliphatic hydroxyl groups excluding tert-OH is 1. The van der Waals surface area contributed by atoms with Crippen LogP contribution in [0.2, 0.25) is 5.02 Å². The fourth-order valence-corrected chi connectivity index (χ4v) is 2.63. The molecule has 1 aromatic heterocycles. The molecule has 0 radical (unpaired) electrons. The second-order valence-corrected chi connectivity index (χ2v) is 4.28. The zero-order valence-corrected chi connectivity index (χ0v) is 8.75. The average molecular weight is 213 g/mol. The molecule has 68 valence electrons. The Morgan fingerprint density at radius 2 is 2.31 bits per heavy atom. The Balaban J connectivity index is 2.87. The minimum atomic E-state index is 0.0589. The van der Waals surface area contributed by atoms with Crippen LogP contribution in [0, 0.1) is 6.92 Å². The molecule has 1 N–H and O–H groups in total. The van der Waals surface area contributed by atoms with E-state index in [1.807, 2.05) is 24.4 Å². The molecule has 0 fully saturated rings. The van der Waals surface area contributed by atoms with E-state index in [2.05, 4.69) is 0 Å². The molecule has 0 aliphatic rings. The first-order valence-electron chi connectivity index (χ1n) is 4.00. The van der Waals surface area contributed by atoms with Gasteiger partial charge in [0.05, 0.1) is 6.61 Å². The molecule has 0 unspecified atom stereocenters. The van der Waals surface area contributed by atoms with E-state index in [9.17, 15) is 5.11 Å². The van der Waals surface area contributed by atoms with Gasteiger partial charge in [0, 0.05) is 9.72 Å². The number of rotatable bonds is 1. The average Bonchev–Trinajstić information content (AvgIpc) is 2.54. The van der Waals surface area contributed by atoms with Gasteiger partial charge in [-0.25, -0.2) is 0 Å². The van der Waals surface area contributed by atoms with Gasteiger partial charge in [-0.15, -0.1) is 11.3 Å². The van der Waals surface area contributed by atoms with Gasteiger partial charge in [-0.3, -0.25) is 0 Å². The van der Waals surface area contributed by atoms with Crippen LogP contribution in [0.25, 0.3) is 10.1 Å². The predicted molar refractivity (Wildman–Crippen MR) is 57.5 cm³/mol. The van der Waals surface area contributed by atoms with Crippen molar-refractivity contribution in [2.24, 2.45) is 0 Å². The van der Waals surface area contributed by atoms with Gasteiger partial charge in [0.1, 0.15) is 0 Å². The lowest BCUT2D eigenvalue weighted by Gasteiger charge is -2.05. The van der Waals surface area contributed by atoms with Crippen LogP contribution in [0.3, 0.4) is 0 Å². The minimum absolute atomic E-state index is 0.0589. The van der Waals surface area contributed by atoms with Crippen LogP contribution >= 0.6 is 22.9 Å². The molecule has 0 bridgehead atoms. The first-order chi connectivity index (χ1) is 6.24. The highest BCUT2D eigenvalue weighted by molar-refractivity contribution is 7.17. The summed E-state index contributed by atoms with van der Waals surface area (Å²) in [4.78, 5) is 0. The van der Waals surface area contributed by atoms with Crippen LogP contribution in [0.5, 0.6) is 0 Å². The molecule has 1 aromatic carbocycles. The van der Waals surface area contributed by atoms with Crippen LogP contribution in [0.1, 0.15) is 11.1 Å². The van der Waals surface area contributed by atoms with Gasteiger partial charge in [0.25, 0.3) is 0 Å². The van der Waals surface area contributed by atoms with Crippen LogP contribution < -0.4 is 0 Å². The van der Waals surface area contributed by atoms with Crippen molar-refractivity contribution in [1.29, 1.82) is 0 Å². The maximum Gasteiger partial charge on any atom is 0.0698 e. The van der Waals surface area contributed by atoms with Crippen molar-refractivity contribution >= 4 is 33.0 Å². The molecule has 2 aromatic rings. The van der Waals surface area contributed by atoms with Gasteiger partial charge in [-0.05, 0) is 40.9 Å². The minimum Gasteiger partial charge on any atom is -0.392 e. The summed E-state index contributed by atoms with van der Waals surface area (Å²) in [5, 5.41) is 13.1. The SMILES string of the molecule is Cc1c(Cl)cc2ccsc2c1CO. The lowest BCUT2D eigenvalue weighted by atomic mass is 10.1. The standard InChI is InChI=1S/C10H9ClOS/c1-6-8(5-12)10-7(2-3-13-10)4-9(6)11/h2-4,12H,5H2,1H3. The summed E-state index contributed by atoms with van der Waals surface area (Å²) in [6, 6.07) is 3.96. The molecule has 0 aliphatic carbocycles. The van der Waals surface area contributed by atoms with Gasteiger partial charge in [0.2, 0.25) is 0 Å². The van der Waals surface area contributed by atoms with Crippen LogP contribution in [-0.2, 0) is 6.61 Å². The van der Waals surface area contributed by atoms with Gasteiger partial charge >= 0.3 is 0 Å². The molecule has 13 heavy (non-hydrogen) atoms. The molecule has 1 heterocycles. The summed E-state index contributed by atoms with van der Waals surface area (Å²) in [5.41, 5.74) is 1.94. The Labute approximate surface area is 85.6 Å². The Bertz CT molecular complexity index is 447. The van der Waals surface area contributed by atoms with Crippen molar-refractivity contribution in [3.05, 3.63) is 33.7 Å². The lowest BCUT2D eigenvalue weighted by Crippen LogP contribution is -1.89. The number of hydrogen-bond donors (Lipinski definition) is 1. The van der Waals surface area contributed by atoms with Crippen molar-refractivity contribution in [2.75, 3.05) is 0 Å². The van der Waals surface area contributed by atoms with Gasteiger partial charge in [-0.2, -0.15) is 0 Å². The molecule has 0 spiro atoms. The Morgan fingerprint density at radius 1 is 1.54 bits per heavy atom. The summed E-state index contributed by atoms with van der Waals surface area (Å²) in [6.45, 7) is 2.00. The van der Waals surface area contributed by atoms with E-state index in [0.29, 0.717) is 0 Å². The zero-order chi connectivity index (χ0) is 9.42. The largest absolute Gasteiger partial charge is 0.392 e. The third-order valence-corrected chi connectivity index (χ3v) is 3.60. The highest BCUT2D eigenvalue weighted by Gasteiger charge is 2.08. The van der Waals surface area contributed by atoms with Gasteiger partial charge in [-0.1, -0.05) is 11.6 Å². The monoisotopic (exact) mass is 212 g/mol. The van der Waals surface area contributed by atoms with Crippen LogP contribution in [0.4, 0.5) is 0 Å². The van der Waals surface area contributed by atoms with E-state index in [1.165, 1.54) is 0 Å². The fraction of sp³-hybridized carbons (Fsp3) is 0.200. The van der Waals surface area contributed by atoms with Crippen molar-refractivity contribution in [1.82, 2.24) is 0 Å². The maximum absolute atomic E-state index is 9.21. The normalized spacial score (nSPS) is 11.0. The molecule has 2 rings (SSSR count). The second kappa shape index (κ2) is 3.29. The smallest absolute Gasteiger partial charge is 0.0698 e. The first-order valence-corrected chi connectivity index (χ1v) is 5.26. The van der Waals surface area contributed by atoms with E-state index in [-0.39, 0.29) is 6.61 Å². The fourth-order valence-electron chi connectivity index (χ4n) is 1.43. The van der Waals surface area contributed by atoms with E-state index >= 15 is 0 Å². The quantitative estimate of drug-likeness (QED) is 0.769. The zero-order valence-electron chi connectivity index (χ0n) is 7.17. The summed E-state index contributed by atoms with van der Waals surface area (Å²) >= 11 is 7.66. The maximum atomic E-state index is 9.21. The summed E-state index contributed by atoms with van der Waals surface area (Å²) in [7, 11) is 0. The molecule has 0 atom stereocenters. The third-order valence-electron chi connectivity index (χ3n) is 2.22. The number of aliphatic hydroxyl groups is 1. The molecular formula is C10H9ClOS. The first kappa shape index (κ1) is 9.00. The molecule has 0 saturated carbocycles. The number of fused-ring (bicyclic) bond motifs is 1. The molecule has 0 aliphatic heterocycles. The highest BCUT2D eigenvalue weighted by Crippen LogP contribution is 2.32. The molecule has 0 saturated heterocycles. The number of benzene rings is 1. The van der Waals surface area contributed by atoms with Crippen LogP contribution in [0.15, 0.2) is 17.5 Å². The Kier molecular flexibility index (Phi) is 2.28. The Morgan fingerprint density at radius 3 is 3.00 bits per heavy atom. The van der Waals surface area contributed by atoms with Crippen molar-refractivity contribution in [3.8, 4) is 0 Å². The van der Waals surface area contributed by atoms with E-state index < -0.39 is 0 Å². The van der Waals surface area contributed by atoms with Crippen molar-refractivity contribution in [2.45, 2.75) is 13.5 Å². The van der Waals surface area contributed by atoms with Crippen LogP contribution in [-0.4, -0.2) is 5.11 Å². The Hall–Kier alpha value is -0.570. The predicted octanol–water partition coefficient (Wildman–Crippen LogP) is 3.36. The summed E-state index contributed by atoms with van der Waals surface area (Å²) < 4.78 is 1.14. The van der Waals surface area contributed by atoms with Crippen molar-refractivity contribution < 1.29 is 5.11 Å². The molecular weight excluding hydrogens is 204 g/mol. The van der Waals surface area contributed by atoms with E-state index in [1.54, 1.807) is 11.3 Å². The third kappa shape index (κ3) is 1.35. The molecule has 1 nitrogen and oxygen atoms in total. The van der Waals surface area contributed by atoms with E-state index in [0.717, 1.165) is 26.2 Å². The lowest BCUT2D eigenvalue weighted by molar-refractivity contribution is 0.283. The van der Waals surface area contributed by atoms with Crippen molar-refractivity contribution in [3.63, 3.8) is 0 Å². The van der Waals surface area contributed by atoms with Gasteiger partial charge in [0.15, 0.2) is 0 Å². The molecule has 3 heteroatoms. The summed E-state index contributed by atoms with van der Waals surface area (Å²) in [5.74, 6) is 0. The number of halogens is 1. The molecule has 0 amide bonds. The summed E-state index contributed by atoms with van der Waals surface area (Å²) in [6.07, 6.45) is 0. The highest BCUT2D eigenvalue weighted by atomic mass is 35.5. The topological polar surface area (TPSA) is 20.2 Å². The number of hydrogen-bond acceptors (Lipinski definition) is 2. The number of thiophene rings is 1. The van der Waals surface area contributed by atoms with Gasteiger partial charge < -0.3 is 5.11 Å². The second-order valence-electron chi connectivity index (χ2n) is 2.96.